The van der Waals surface area contributed by atoms with Gasteiger partial charge in [-0.25, -0.2) is 9.50 Å². The van der Waals surface area contributed by atoms with E-state index in [-0.39, 0.29) is 33.0 Å². The van der Waals surface area contributed by atoms with Crippen molar-refractivity contribution in [3.05, 3.63) is 42.4 Å². The van der Waals surface area contributed by atoms with Gasteiger partial charge in [0, 0.05) is 36.5 Å². The molecule has 1 aliphatic rings. The number of fused-ring (bicyclic) bond motifs is 1. The molecule has 4 heterocycles. The summed E-state index contributed by atoms with van der Waals surface area (Å²) in [5, 5.41) is 23.7. The summed E-state index contributed by atoms with van der Waals surface area (Å²) in [6.07, 6.45) is 5.26. The summed E-state index contributed by atoms with van der Waals surface area (Å²) in [6.45, 7) is 3.69. The summed E-state index contributed by atoms with van der Waals surface area (Å²) in [4.78, 5) is 6.61. The number of aromatic nitrogens is 3. The first kappa shape index (κ1) is 23.8. The summed E-state index contributed by atoms with van der Waals surface area (Å²) < 4.78 is 7.31. The van der Waals surface area contributed by atoms with Gasteiger partial charge < -0.3 is 20.5 Å². The van der Waals surface area contributed by atoms with Crippen molar-refractivity contribution in [1.29, 1.82) is 5.26 Å². The van der Waals surface area contributed by atoms with E-state index in [1.165, 1.54) is 0 Å². The van der Waals surface area contributed by atoms with Gasteiger partial charge in [-0.05, 0) is 31.5 Å². The quantitative estimate of drug-likeness (QED) is 0.628. The molecule has 1 aliphatic heterocycles. The van der Waals surface area contributed by atoms with Gasteiger partial charge in [0.25, 0.3) is 0 Å². The third-order valence-electron chi connectivity index (χ3n) is 5.04. The van der Waals surface area contributed by atoms with Gasteiger partial charge in [0.2, 0.25) is 0 Å². The van der Waals surface area contributed by atoms with E-state index in [1.54, 1.807) is 23.1 Å². The van der Waals surface area contributed by atoms with Crippen LogP contribution in [0.5, 0.6) is 5.75 Å². The highest BCUT2D eigenvalue weighted by Crippen LogP contribution is 2.31. The molecule has 3 aromatic heterocycles. The third-order valence-corrected chi connectivity index (χ3v) is 5.04. The van der Waals surface area contributed by atoms with Crippen LogP contribution < -0.4 is 15.4 Å². The number of aliphatic hydroxyl groups is 1. The smallest absolute Gasteiger partial charge is 0.138 e. The molecule has 0 aliphatic carbocycles. The van der Waals surface area contributed by atoms with Crippen molar-refractivity contribution in [1.82, 2.24) is 14.6 Å². The van der Waals surface area contributed by atoms with Gasteiger partial charge in [-0.15, -0.1) is 0 Å². The second kappa shape index (κ2) is 10.0. The topological polar surface area (TPSA) is 113 Å². The van der Waals surface area contributed by atoms with Crippen LogP contribution in [0.15, 0.2) is 36.8 Å². The average Bonchev–Trinajstić information content (AvgIpc) is 3.13. The first-order valence-corrected chi connectivity index (χ1v) is 9.30. The van der Waals surface area contributed by atoms with Crippen LogP contribution >= 0.6 is 27.0 Å². The fourth-order valence-electron chi connectivity index (χ4n) is 3.53. The molecule has 0 spiro atoms. The second-order valence-electron chi connectivity index (χ2n) is 6.86. The highest BCUT2D eigenvalue weighted by Gasteiger charge is 2.25. The number of nitriles is 1. The Bertz CT molecular complexity index is 1030. The monoisotopic (exact) mass is 446 g/mol. The van der Waals surface area contributed by atoms with Crippen LogP contribution in [0.4, 0.5) is 5.82 Å². The van der Waals surface area contributed by atoms with Crippen LogP contribution in [0, 0.1) is 11.3 Å². The van der Waals surface area contributed by atoms with Crippen LogP contribution in [-0.4, -0.2) is 51.5 Å². The number of hydrogen-bond acceptors (Lipinski definition) is 7. The highest BCUT2D eigenvalue weighted by atomic mass is 32.1. The number of rotatable bonds is 4. The minimum Gasteiger partial charge on any atom is -0.492 e. The van der Waals surface area contributed by atoms with Crippen LogP contribution in [0.1, 0.15) is 18.9 Å². The Morgan fingerprint density at radius 3 is 2.77 bits per heavy atom. The van der Waals surface area contributed by atoms with E-state index in [2.05, 4.69) is 16.2 Å². The molecule has 0 radical (unpaired) electrons. The molecule has 1 fully saturated rings. The molecule has 0 unspecified atom stereocenters. The van der Waals surface area contributed by atoms with Crippen molar-refractivity contribution >= 4 is 38.3 Å². The Labute approximate surface area is 189 Å². The number of hydrogen-bond donors (Lipinski definition) is 2. The predicted octanol–water partition coefficient (Wildman–Crippen LogP) is 1.79. The Balaban J connectivity index is 0.00000160. The largest absolute Gasteiger partial charge is 0.492 e. The number of aliphatic hydroxyl groups excluding tert-OH is 1. The van der Waals surface area contributed by atoms with E-state index in [9.17, 15) is 10.4 Å². The Hall–Kier alpha value is -2.45. The van der Waals surface area contributed by atoms with Crippen molar-refractivity contribution in [3.8, 4) is 22.9 Å². The zero-order chi connectivity index (χ0) is 19.7. The van der Waals surface area contributed by atoms with E-state index in [1.807, 2.05) is 30.0 Å². The van der Waals surface area contributed by atoms with Crippen LogP contribution in [-0.2, 0) is 0 Å². The van der Waals surface area contributed by atoms with Gasteiger partial charge in [0.15, 0.2) is 0 Å². The lowest BCUT2D eigenvalue weighted by Gasteiger charge is -2.34. The first-order chi connectivity index (χ1) is 13.6. The van der Waals surface area contributed by atoms with Crippen molar-refractivity contribution in [2.24, 2.45) is 5.73 Å². The van der Waals surface area contributed by atoms with Crippen molar-refractivity contribution in [2.45, 2.75) is 25.5 Å². The molecule has 3 N–H and O–H groups in total. The maximum Gasteiger partial charge on any atom is 0.138 e. The third kappa shape index (κ3) is 4.49. The Morgan fingerprint density at radius 1 is 1.33 bits per heavy atom. The summed E-state index contributed by atoms with van der Waals surface area (Å²) >= 11 is 0. The van der Waals surface area contributed by atoms with E-state index in [4.69, 9.17) is 10.5 Å². The van der Waals surface area contributed by atoms with Gasteiger partial charge in [0.05, 0.1) is 36.2 Å². The molecule has 1 saturated heterocycles. The number of β-amino-alcohol motifs (C(OH)–C–C–N with tert-alkyl or cyclic N) is 1. The summed E-state index contributed by atoms with van der Waals surface area (Å²) in [6, 6.07) is 7.79. The lowest BCUT2D eigenvalue weighted by Crippen LogP contribution is -2.50. The fraction of sp³-hybridized carbons (Fsp3) is 0.350. The van der Waals surface area contributed by atoms with Gasteiger partial charge >= 0.3 is 0 Å². The molecule has 2 atom stereocenters. The molecule has 4 rings (SSSR count). The maximum atomic E-state index is 10.0. The molecule has 0 aromatic carbocycles. The van der Waals surface area contributed by atoms with Crippen molar-refractivity contribution in [2.75, 3.05) is 24.6 Å². The predicted molar refractivity (Wildman–Crippen MR) is 126 cm³/mol. The molecule has 0 amide bonds. The lowest BCUT2D eigenvalue weighted by atomic mass is 10.0. The van der Waals surface area contributed by atoms with Crippen LogP contribution in [0.2, 0.25) is 0 Å². The minimum atomic E-state index is -0.553. The molecular weight excluding hydrogens is 420 g/mol. The summed E-state index contributed by atoms with van der Waals surface area (Å²) in [7, 11) is 0. The molecule has 3 aromatic rings. The lowest BCUT2D eigenvalue weighted by molar-refractivity contribution is 0.131. The SMILES string of the molecule is CCOc1cc(-c2ccc(N3CC[C@H](N)[C@@H](O)C3)nc2)c2c(C#N)cnn2c1.S.S. The first-order valence-electron chi connectivity index (χ1n) is 9.30. The van der Waals surface area contributed by atoms with Crippen LogP contribution in [0.3, 0.4) is 0 Å². The molecule has 0 saturated carbocycles. The number of pyridine rings is 2. The van der Waals surface area contributed by atoms with E-state index < -0.39 is 6.10 Å². The molecule has 0 bridgehead atoms. The number of nitrogens with two attached hydrogens (primary N) is 1. The number of nitrogens with zero attached hydrogens (tertiary/aromatic N) is 5. The standard InChI is InChI=1S/C20H22N6O2.2H2S/c1-2-28-15-7-16(20-14(8-21)10-24-26(20)11-15)13-3-4-19(23-9-13)25-6-5-17(22)18(27)12-25;;/h3-4,7,9-11,17-18,27H,2,5-6,12,22H2,1H3;2*1H2/t17-,18-;;/m0../s1. The van der Waals surface area contributed by atoms with Crippen molar-refractivity contribution < 1.29 is 9.84 Å². The van der Waals surface area contributed by atoms with E-state index >= 15 is 0 Å². The zero-order valence-corrected chi connectivity index (χ0v) is 18.6. The Morgan fingerprint density at radius 2 is 2.13 bits per heavy atom. The second-order valence-corrected chi connectivity index (χ2v) is 6.86. The Kier molecular flexibility index (Phi) is 7.97. The normalized spacial score (nSPS) is 18.3. The highest BCUT2D eigenvalue weighted by molar-refractivity contribution is 7.59. The average molecular weight is 447 g/mol. The van der Waals surface area contributed by atoms with Crippen molar-refractivity contribution in [3.63, 3.8) is 0 Å². The zero-order valence-electron chi connectivity index (χ0n) is 16.6. The van der Waals surface area contributed by atoms with Gasteiger partial charge in [-0.1, -0.05) is 0 Å². The maximum absolute atomic E-state index is 10.0. The fourth-order valence-corrected chi connectivity index (χ4v) is 3.53. The number of ether oxygens (including phenoxy) is 1. The van der Waals surface area contributed by atoms with Crippen LogP contribution in [0.25, 0.3) is 16.6 Å². The summed E-state index contributed by atoms with van der Waals surface area (Å²) in [5.74, 6) is 1.47. The summed E-state index contributed by atoms with van der Waals surface area (Å²) in [5.41, 5.74) is 8.80. The van der Waals surface area contributed by atoms with Gasteiger partial charge in [-0.2, -0.15) is 37.4 Å². The molecular formula is C20H26N6O2S2. The van der Waals surface area contributed by atoms with E-state index in [0.717, 1.165) is 35.4 Å². The molecule has 10 heteroatoms. The molecule has 8 nitrogen and oxygen atoms in total. The van der Waals surface area contributed by atoms with Gasteiger partial charge in [0.1, 0.15) is 17.6 Å². The minimum absolute atomic E-state index is 0. The number of anilines is 1. The van der Waals surface area contributed by atoms with E-state index in [0.29, 0.717) is 24.5 Å². The molecule has 30 heavy (non-hydrogen) atoms. The number of piperidine rings is 1. The van der Waals surface area contributed by atoms with Gasteiger partial charge in [-0.3, -0.25) is 0 Å². The molecule has 160 valence electrons.